The number of hydrogen-bond donors (Lipinski definition) is 1. The van der Waals surface area contributed by atoms with Crippen molar-refractivity contribution in [1.29, 1.82) is 0 Å². The summed E-state index contributed by atoms with van der Waals surface area (Å²) in [5.74, 6) is 2.55. The fourth-order valence-electron chi connectivity index (χ4n) is 4.11. The van der Waals surface area contributed by atoms with Crippen molar-refractivity contribution in [3.8, 4) is 11.5 Å². The number of nitrogens with one attached hydrogen (secondary N) is 1. The number of para-hydroxylation sites is 4. The minimum Gasteiger partial charge on any atom is -0.493 e. The third-order valence-electron chi connectivity index (χ3n) is 6.01. The van der Waals surface area contributed by atoms with Crippen molar-refractivity contribution >= 4 is 16.9 Å². The Morgan fingerprint density at radius 3 is 2.46 bits per heavy atom. The van der Waals surface area contributed by atoms with Gasteiger partial charge in [-0.05, 0) is 62.6 Å². The monoisotopic (exact) mass is 471 g/mol. The van der Waals surface area contributed by atoms with Crippen LogP contribution in [0.5, 0.6) is 11.5 Å². The van der Waals surface area contributed by atoms with Crippen LogP contribution < -0.4 is 14.8 Å². The van der Waals surface area contributed by atoms with Gasteiger partial charge >= 0.3 is 0 Å². The summed E-state index contributed by atoms with van der Waals surface area (Å²) < 4.78 is 13.6. The number of carbonyl (C=O) groups excluding carboxylic acids is 1. The number of hydrogen-bond acceptors (Lipinski definition) is 4. The van der Waals surface area contributed by atoms with E-state index in [0.29, 0.717) is 18.7 Å². The molecule has 182 valence electrons. The van der Waals surface area contributed by atoms with Gasteiger partial charge in [-0.3, -0.25) is 4.79 Å². The molecule has 4 rings (SSSR count). The first-order valence-corrected chi connectivity index (χ1v) is 12.2. The van der Waals surface area contributed by atoms with Crippen LogP contribution in [-0.4, -0.2) is 35.7 Å². The minimum absolute atomic E-state index is 0.0338. The molecule has 0 radical (unpaired) electrons. The van der Waals surface area contributed by atoms with Crippen molar-refractivity contribution in [1.82, 2.24) is 14.9 Å². The molecule has 6 heteroatoms. The van der Waals surface area contributed by atoms with Gasteiger partial charge < -0.3 is 19.4 Å². The maximum absolute atomic E-state index is 12.4. The van der Waals surface area contributed by atoms with E-state index in [1.807, 2.05) is 61.5 Å². The number of imidazole rings is 1. The Balaban J connectivity index is 1.29. The zero-order chi connectivity index (χ0) is 24.5. The average molecular weight is 472 g/mol. The molecule has 35 heavy (non-hydrogen) atoms. The lowest BCUT2D eigenvalue weighted by molar-refractivity contribution is 0.0953. The van der Waals surface area contributed by atoms with Gasteiger partial charge in [0.05, 0.1) is 24.8 Å². The van der Waals surface area contributed by atoms with Gasteiger partial charge in [0.25, 0.3) is 5.91 Å². The van der Waals surface area contributed by atoms with Gasteiger partial charge in [-0.1, -0.05) is 42.0 Å². The molecule has 0 spiro atoms. The van der Waals surface area contributed by atoms with E-state index in [0.717, 1.165) is 66.1 Å². The summed E-state index contributed by atoms with van der Waals surface area (Å²) >= 11 is 0. The fourth-order valence-corrected chi connectivity index (χ4v) is 4.11. The largest absolute Gasteiger partial charge is 0.493 e. The van der Waals surface area contributed by atoms with E-state index in [1.54, 1.807) is 7.11 Å². The van der Waals surface area contributed by atoms with Crippen LogP contribution in [0.25, 0.3) is 11.0 Å². The Bertz CT molecular complexity index is 1250. The molecule has 0 atom stereocenters. The lowest BCUT2D eigenvalue weighted by Crippen LogP contribution is -2.25. The van der Waals surface area contributed by atoms with E-state index >= 15 is 0 Å². The lowest BCUT2D eigenvalue weighted by Gasteiger charge is -2.12. The summed E-state index contributed by atoms with van der Waals surface area (Å²) in [6.07, 6.45) is 3.54. The number of unbranched alkanes of at least 4 members (excludes halogenated alkanes) is 1. The van der Waals surface area contributed by atoms with Gasteiger partial charge in [0.2, 0.25) is 0 Å². The van der Waals surface area contributed by atoms with Gasteiger partial charge in [-0.2, -0.15) is 0 Å². The highest BCUT2D eigenvalue weighted by Crippen LogP contribution is 2.26. The Morgan fingerprint density at radius 1 is 0.914 bits per heavy atom. The summed E-state index contributed by atoms with van der Waals surface area (Å²) in [6.45, 7) is 4.14. The van der Waals surface area contributed by atoms with E-state index < -0.39 is 0 Å². The fraction of sp³-hybridized carbons (Fsp3) is 0.310. The topological polar surface area (TPSA) is 65.4 Å². The number of methoxy groups -OCH3 is 1. The SMILES string of the molecule is COc1ccccc1OCCCCn1c(CCCNC(=O)c2ccc(C)cc2)nc2ccccc21. The van der Waals surface area contributed by atoms with E-state index in [2.05, 4.69) is 28.1 Å². The van der Waals surface area contributed by atoms with Gasteiger partial charge in [-0.15, -0.1) is 0 Å². The number of ether oxygens (including phenoxy) is 2. The second-order valence-electron chi connectivity index (χ2n) is 8.60. The van der Waals surface area contributed by atoms with Crippen LogP contribution in [-0.2, 0) is 13.0 Å². The van der Waals surface area contributed by atoms with E-state index in [4.69, 9.17) is 14.5 Å². The summed E-state index contributed by atoms with van der Waals surface area (Å²) in [5.41, 5.74) is 4.00. The summed E-state index contributed by atoms with van der Waals surface area (Å²) in [5, 5.41) is 3.02. The Hall–Kier alpha value is -3.80. The normalized spacial score (nSPS) is 10.9. The zero-order valence-electron chi connectivity index (χ0n) is 20.5. The molecule has 3 aromatic carbocycles. The molecule has 0 fully saturated rings. The molecule has 0 saturated heterocycles. The third-order valence-corrected chi connectivity index (χ3v) is 6.01. The summed E-state index contributed by atoms with van der Waals surface area (Å²) in [4.78, 5) is 17.2. The maximum Gasteiger partial charge on any atom is 0.251 e. The first-order valence-electron chi connectivity index (χ1n) is 12.2. The van der Waals surface area contributed by atoms with Gasteiger partial charge in [0.1, 0.15) is 5.82 Å². The number of amides is 1. The van der Waals surface area contributed by atoms with Crippen molar-refractivity contribution in [3.05, 3.63) is 89.7 Å². The van der Waals surface area contributed by atoms with Crippen LogP contribution in [0, 0.1) is 6.92 Å². The van der Waals surface area contributed by atoms with Crippen molar-refractivity contribution in [2.75, 3.05) is 20.3 Å². The summed E-state index contributed by atoms with van der Waals surface area (Å²) in [6, 6.07) is 23.6. The van der Waals surface area contributed by atoms with Gasteiger partial charge in [0.15, 0.2) is 11.5 Å². The van der Waals surface area contributed by atoms with Crippen LogP contribution in [0.1, 0.15) is 41.0 Å². The van der Waals surface area contributed by atoms with Crippen LogP contribution in [0.15, 0.2) is 72.8 Å². The molecule has 1 aromatic heterocycles. The molecule has 1 amide bonds. The van der Waals surface area contributed by atoms with E-state index in [1.165, 1.54) is 0 Å². The number of carbonyl (C=O) groups is 1. The average Bonchev–Trinajstić information content (AvgIpc) is 3.24. The summed E-state index contributed by atoms with van der Waals surface area (Å²) in [7, 11) is 1.65. The lowest BCUT2D eigenvalue weighted by atomic mass is 10.1. The molecule has 4 aromatic rings. The van der Waals surface area contributed by atoms with Crippen LogP contribution in [0.3, 0.4) is 0 Å². The van der Waals surface area contributed by atoms with Gasteiger partial charge in [0, 0.05) is 25.1 Å². The Morgan fingerprint density at radius 2 is 1.66 bits per heavy atom. The quantitative estimate of drug-likeness (QED) is 0.274. The number of aryl methyl sites for hydroxylation is 3. The van der Waals surface area contributed by atoms with Crippen molar-refractivity contribution in [2.45, 2.75) is 39.2 Å². The van der Waals surface area contributed by atoms with Crippen LogP contribution in [0.2, 0.25) is 0 Å². The standard InChI is InChI=1S/C29H33N3O3/c1-22-15-17-23(18-16-22)29(33)30-19-9-14-28-31-24-10-3-4-11-25(24)32(28)20-7-8-21-35-27-13-6-5-12-26(27)34-2/h3-6,10-13,15-18H,7-9,14,19-21H2,1-2H3,(H,30,33). The van der Waals surface area contributed by atoms with Crippen LogP contribution in [0.4, 0.5) is 0 Å². The molecular formula is C29H33N3O3. The molecule has 0 aliphatic carbocycles. The molecule has 0 aliphatic heterocycles. The maximum atomic E-state index is 12.4. The molecule has 1 N–H and O–H groups in total. The van der Waals surface area contributed by atoms with Crippen molar-refractivity contribution in [2.24, 2.45) is 0 Å². The van der Waals surface area contributed by atoms with Crippen molar-refractivity contribution < 1.29 is 14.3 Å². The number of rotatable bonds is 12. The first kappa shape index (κ1) is 24.3. The highest BCUT2D eigenvalue weighted by molar-refractivity contribution is 5.94. The first-order chi connectivity index (χ1) is 17.2. The minimum atomic E-state index is -0.0338. The van der Waals surface area contributed by atoms with Gasteiger partial charge in [-0.25, -0.2) is 4.98 Å². The Labute approximate surface area is 206 Å². The predicted molar refractivity (Wildman–Crippen MR) is 139 cm³/mol. The third kappa shape index (κ3) is 6.41. The number of benzene rings is 3. The highest BCUT2D eigenvalue weighted by Gasteiger charge is 2.11. The number of aromatic nitrogens is 2. The highest BCUT2D eigenvalue weighted by atomic mass is 16.5. The molecule has 0 bridgehead atoms. The van der Waals surface area contributed by atoms with Crippen LogP contribution >= 0.6 is 0 Å². The van der Waals surface area contributed by atoms with E-state index in [-0.39, 0.29) is 5.91 Å². The van der Waals surface area contributed by atoms with Crippen molar-refractivity contribution in [3.63, 3.8) is 0 Å². The smallest absolute Gasteiger partial charge is 0.251 e. The second kappa shape index (κ2) is 12.1. The molecule has 0 aliphatic rings. The predicted octanol–water partition coefficient (Wildman–Crippen LogP) is 5.58. The Kier molecular flexibility index (Phi) is 8.39. The molecule has 0 saturated carbocycles. The zero-order valence-corrected chi connectivity index (χ0v) is 20.5. The number of fused-ring (bicyclic) bond motifs is 1. The molecule has 1 heterocycles. The molecule has 0 unspecified atom stereocenters. The second-order valence-corrected chi connectivity index (χ2v) is 8.60. The number of nitrogens with zero attached hydrogens (tertiary/aromatic N) is 2. The molecular weight excluding hydrogens is 438 g/mol. The van der Waals surface area contributed by atoms with E-state index in [9.17, 15) is 4.79 Å². The molecule has 6 nitrogen and oxygen atoms in total.